The SMILES string of the molecule is O=C([NH2+][C@@H]1C[C@H]2COc3ccc(cc3)C(=O)N3CC[C@H](OC(=O)N(c4ccc(Cl)c(C(F)(F)F)c4)CC(=O)N2C1)[C@H]3C(=O)O)c1cccc(Cl)c1. The quantitative estimate of drug-likeness (QED) is 0.405. The summed E-state index contributed by atoms with van der Waals surface area (Å²) in [6.07, 6.45) is -7.48. The number of primary amides is 1. The van der Waals surface area contributed by atoms with Gasteiger partial charge in [-0.15, -0.1) is 0 Å². The molecule has 12 nitrogen and oxygen atoms in total. The van der Waals surface area contributed by atoms with E-state index in [1.54, 1.807) is 18.2 Å². The molecule has 4 aliphatic rings. The van der Waals surface area contributed by atoms with Gasteiger partial charge in [0.2, 0.25) is 5.91 Å². The topological polar surface area (TPSA) is 150 Å². The molecule has 0 spiro atoms. The van der Waals surface area contributed by atoms with E-state index in [0.717, 1.165) is 17.0 Å². The van der Waals surface area contributed by atoms with Gasteiger partial charge in [-0.3, -0.25) is 19.8 Å². The van der Waals surface area contributed by atoms with Gasteiger partial charge in [-0.1, -0.05) is 29.3 Å². The lowest BCUT2D eigenvalue weighted by Gasteiger charge is -2.30. The fourth-order valence-corrected chi connectivity index (χ4v) is 6.94. The number of benzene rings is 3. The number of aliphatic carboxylic acids is 1. The van der Waals surface area contributed by atoms with E-state index in [1.807, 2.05) is 0 Å². The molecule has 4 bridgehead atoms. The largest absolute Gasteiger partial charge is 0.491 e. The number of hydrogen-bond donors (Lipinski definition) is 2. The highest BCUT2D eigenvalue weighted by Gasteiger charge is 2.46. The van der Waals surface area contributed by atoms with E-state index >= 15 is 0 Å². The van der Waals surface area contributed by atoms with E-state index in [9.17, 15) is 42.3 Å². The highest BCUT2D eigenvalue weighted by atomic mass is 35.5. The number of fused-ring (bicyclic) bond motifs is 7. The fourth-order valence-electron chi connectivity index (χ4n) is 6.53. The first-order valence-electron chi connectivity index (χ1n) is 15.8. The smallest absolute Gasteiger partial charge is 0.417 e. The number of hydrogen-bond acceptors (Lipinski definition) is 7. The molecule has 0 aromatic heterocycles. The van der Waals surface area contributed by atoms with E-state index in [0.29, 0.717) is 27.3 Å². The van der Waals surface area contributed by atoms with Crippen LogP contribution in [0.3, 0.4) is 0 Å². The predicted molar refractivity (Wildman–Crippen MR) is 175 cm³/mol. The first-order valence-corrected chi connectivity index (χ1v) is 16.5. The van der Waals surface area contributed by atoms with E-state index in [2.05, 4.69) is 0 Å². The Hall–Kier alpha value is -4.86. The maximum absolute atomic E-state index is 14.1. The van der Waals surface area contributed by atoms with Crippen molar-refractivity contribution in [1.82, 2.24) is 9.80 Å². The Kier molecular flexibility index (Phi) is 10.2. The number of rotatable bonds is 4. The second kappa shape index (κ2) is 14.4. The molecule has 3 N–H and O–H groups in total. The van der Waals surface area contributed by atoms with Gasteiger partial charge in [-0.05, 0) is 60.7 Å². The lowest BCUT2D eigenvalue weighted by Crippen LogP contribution is -2.94. The van der Waals surface area contributed by atoms with E-state index < -0.39 is 77.1 Å². The van der Waals surface area contributed by atoms with Crippen molar-refractivity contribution in [3.05, 3.63) is 93.5 Å². The number of nitrogens with two attached hydrogens (primary N) is 1. The molecule has 17 heteroatoms. The number of nitrogens with zero attached hydrogens (tertiary/aromatic N) is 3. The third-order valence-corrected chi connectivity index (χ3v) is 9.56. The number of ether oxygens (including phenoxy) is 2. The average Bonchev–Trinajstić information content (AvgIpc) is 3.69. The van der Waals surface area contributed by atoms with Crippen LogP contribution < -0.4 is 15.0 Å². The number of carbonyl (C=O) groups is 5. The zero-order valence-corrected chi connectivity index (χ0v) is 28.0. The molecular weight excluding hydrogens is 720 g/mol. The summed E-state index contributed by atoms with van der Waals surface area (Å²) in [7, 11) is 0. The second-order valence-electron chi connectivity index (χ2n) is 12.3. The summed E-state index contributed by atoms with van der Waals surface area (Å²) in [5.74, 6) is -2.84. The Morgan fingerprint density at radius 1 is 0.961 bits per heavy atom. The summed E-state index contributed by atoms with van der Waals surface area (Å²) in [6, 6.07) is 12.1. The number of carbonyl (C=O) groups excluding carboxylic acids is 4. The predicted octanol–water partition coefficient (Wildman–Crippen LogP) is 4.09. The summed E-state index contributed by atoms with van der Waals surface area (Å²) in [6.45, 7) is -1.01. The highest BCUT2D eigenvalue weighted by molar-refractivity contribution is 6.31. The second-order valence-corrected chi connectivity index (χ2v) is 13.2. The van der Waals surface area contributed by atoms with Gasteiger partial charge in [-0.25, -0.2) is 14.4 Å². The van der Waals surface area contributed by atoms with E-state index in [-0.39, 0.29) is 44.0 Å². The molecule has 3 aromatic carbocycles. The molecule has 51 heavy (non-hydrogen) atoms. The van der Waals surface area contributed by atoms with Crippen molar-refractivity contribution in [2.75, 3.05) is 31.1 Å². The van der Waals surface area contributed by atoms with Crippen molar-refractivity contribution < 1.29 is 57.0 Å². The Balaban J connectivity index is 1.36. The molecule has 0 aliphatic carbocycles. The van der Waals surface area contributed by atoms with Crippen molar-refractivity contribution >= 4 is 58.7 Å². The normalized spacial score (nSPS) is 22.8. The molecule has 4 amide bonds. The van der Waals surface area contributed by atoms with Gasteiger partial charge in [-0.2, -0.15) is 13.2 Å². The van der Waals surface area contributed by atoms with Crippen LogP contribution in [0.2, 0.25) is 10.0 Å². The van der Waals surface area contributed by atoms with Crippen molar-refractivity contribution in [1.29, 1.82) is 0 Å². The summed E-state index contributed by atoms with van der Waals surface area (Å²) in [4.78, 5) is 69.9. The van der Waals surface area contributed by atoms with Gasteiger partial charge in [0.15, 0.2) is 6.04 Å². The van der Waals surface area contributed by atoms with Crippen LogP contribution in [0.25, 0.3) is 0 Å². The third kappa shape index (κ3) is 7.75. The van der Waals surface area contributed by atoms with E-state index in [1.165, 1.54) is 40.5 Å². The molecule has 0 radical (unpaired) electrons. The Morgan fingerprint density at radius 2 is 1.71 bits per heavy atom. The summed E-state index contributed by atoms with van der Waals surface area (Å²) < 4.78 is 53.2. The first-order chi connectivity index (χ1) is 24.2. The van der Waals surface area contributed by atoms with Crippen LogP contribution in [-0.2, 0) is 20.5 Å². The average molecular weight is 751 g/mol. The number of amides is 4. The van der Waals surface area contributed by atoms with Crippen LogP contribution >= 0.6 is 23.2 Å². The Labute approximate surface area is 298 Å². The summed E-state index contributed by atoms with van der Waals surface area (Å²) >= 11 is 11.9. The van der Waals surface area contributed by atoms with Gasteiger partial charge in [0, 0.05) is 35.7 Å². The number of quaternary nitrogens is 1. The minimum Gasteiger partial charge on any atom is -0.491 e. The monoisotopic (exact) mass is 749 g/mol. The van der Waals surface area contributed by atoms with Gasteiger partial charge in [0.1, 0.15) is 31.0 Å². The lowest BCUT2D eigenvalue weighted by atomic mass is 10.1. The summed E-state index contributed by atoms with van der Waals surface area (Å²) in [5.41, 5.74) is -1.21. The molecule has 4 aliphatic heterocycles. The van der Waals surface area contributed by atoms with Crippen molar-refractivity contribution in [2.24, 2.45) is 0 Å². The van der Waals surface area contributed by atoms with Crippen molar-refractivity contribution in [2.45, 2.75) is 43.2 Å². The van der Waals surface area contributed by atoms with E-state index in [4.69, 9.17) is 32.7 Å². The fraction of sp³-hybridized carbons (Fsp3) is 0.324. The van der Waals surface area contributed by atoms with Gasteiger partial charge >= 0.3 is 24.1 Å². The molecule has 7 rings (SSSR count). The lowest BCUT2D eigenvalue weighted by molar-refractivity contribution is -0.590. The molecule has 268 valence electrons. The standard InChI is InChI=1S/C34H29Cl2F3N4O8/c35-20-3-1-2-19(12-20)30(45)40-21-13-23-17-50-24-7-4-18(5-8-24)31(46)41-11-10-27(29(41)32(47)48)51-33(49)43(16-28(44)42(23)15-21)22-6-9-26(36)25(14-22)34(37,38)39/h1-9,12,14,21,23,27,29H,10-11,13,15-17H2,(H,40,45)(H,47,48)/p+1/t21-,23+,27+,29+/m1/s1. The molecule has 4 heterocycles. The van der Waals surface area contributed by atoms with Crippen LogP contribution in [0.1, 0.15) is 39.1 Å². The molecule has 0 saturated carbocycles. The molecule has 4 atom stereocenters. The van der Waals surface area contributed by atoms with Crippen molar-refractivity contribution in [3.8, 4) is 5.75 Å². The number of carboxylic acids is 1. The summed E-state index contributed by atoms with van der Waals surface area (Å²) in [5, 5.41) is 11.2. The van der Waals surface area contributed by atoms with Gasteiger partial charge in [0.05, 0.1) is 28.7 Å². The maximum Gasteiger partial charge on any atom is 0.417 e. The first kappa shape index (κ1) is 35.9. The van der Waals surface area contributed by atoms with Gasteiger partial charge in [0.25, 0.3) is 5.91 Å². The van der Waals surface area contributed by atoms with Crippen LogP contribution in [0, 0.1) is 0 Å². The van der Waals surface area contributed by atoms with Crippen LogP contribution in [0.15, 0.2) is 66.7 Å². The van der Waals surface area contributed by atoms with Crippen LogP contribution in [0.5, 0.6) is 5.75 Å². The maximum atomic E-state index is 14.1. The third-order valence-electron chi connectivity index (χ3n) is 9.00. The van der Waals surface area contributed by atoms with Crippen molar-refractivity contribution in [3.63, 3.8) is 0 Å². The molecular formula is C34H30Cl2F3N4O8+. The zero-order valence-electron chi connectivity index (χ0n) is 26.5. The van der Waals surface area contributed by atoms with Gasteiger partial charge < -0.3 is 24.4 Å². The number of anilines is 1. The highest BCUT2D eigenvalue weighted by Crippen LogP contribution is 2.37. The minimum atomic E-state index is -4.92. The molecule has 2 fully saturated rings. The zero-order chi connectivity index (χ0) is 36.6. The van der Waals surface area contributed by atoms with Crippen LogP contribution in [-0.4, -0.2) is 95.2 Å². The number of alkyl halides is 3. The number of halogens is 5. The molecule has 2 saturated heterocycles. The number of carboxylic acid groups (broad SMARTS) is 1. The van der Waals surface area contributed by atoms with Crippen LogP contribution in [0.4, 0.5) is 23.7 Å². The molecule has 3 aromatic rings. The Morgan fingerprint density at radius 3 is 2.39 bits per heavy atom. The molecule has 0 unspecified atom stereocenters. The minimum absolute atomic E-state index is 0.00256. The Bertz CT molecular complexity index is 1880.